The third-order valence-corrected chi connectivity index (χ3v) is 2.85. The van der Waals surface area contributed by atoms with Crippen LogP contribution in [0, 0.1) is 0 Å². The summed E-state index contributed by atoms with van der Waals surface area (Å²) >= 11 is 0. The molecule has 6 heteroatoms. The number of hydrogen-bond acceptors (Lipinski definition) is 3. The van der Waals surface area contributed by atoms with Crippen LogP contribution in [0.4, 0.5) is 0 Å². The van der Waals surface area contributed by atoms with Crippen molar-refractivity contribution in [1.29, 1.82) is 0 Å². The summed E-state index contributed by atoms with van der Waals surface area (Å²) in [6.45, 7) is 7.06. The number of amides is 2. The largest absolute Gasteiger partial charge is 0.353 e. The number of nitrogens with zero attached hydrogens (tertiary/aromatic N) is 1. The fourth-order valence-corrected chi connectivity index (χ4v) is 2.02. The van der Waals surface area contributed by atoms with E-state index >= 15 is 0 Å². The molecule has 0 spiro atoms. The Bertz CT molecular complexity index is 268. The standard InChI is InChI=1S/C12H23N3O2.ClH/c1-3-7-15(8-4-2)11(16)9-10-12(17)14-6-5-13-10;/h10,13H,3-9H2,1-2H3,(H,14,17);1H. The van der Waals surface area contributed by atoms with Crippen molar-refractivity contribution < 1.29 is 9.59 Å². The van der Waals surface area contributed by atoms with E-state index in [9.17, 15) is 9.59 Å². The Labute approximate surface area is 115 Å². The molecular formula is C12H24ClN3O2. The van der Waals surface area contributed by atoms with E-state index in [4.69, 9.17) is 0 Å². The van der Waals surface area contributed by atoms with E-state index < -0.39 is 0 Å². The first kappa shape index (κ1) is 17.2. The highest BCUT2D eigenvalue weighted by molar-refractivity contribution is 5.88. The Morgan fingerprint density at radius 2 is 1.89 bits per heavy atom. The van der Waals surface area contributed by atoms with Crippen molar-refractivity contribution in [3.8, 4) is 0 Å². The van der Waals surface area contributed by atoms with Crippen molar-refractivity contribution in [1.82, 2.24) is 15.5 Å². The van der Waals surface area contributed by atoms with Gasteiger partial charge in [0.15, 0.2) is 0 Å². The molecular weight excluding hydrogens is 254 g/mol. The summed E-state index contributed by atoms with van der Waals surface area (Å²) in [6.07, 6.45) is 2.18. The smallest absolute Gasteiger partial charge is 0.237 e. The number of nitrogens with one attached hydrogen (secondary N) is 2. The second-order valence-electron chi connectivity index (χ2n) is 4.38. The third kappa shape index (κ3) is 5.23. The van der Waals surface area contributed by atoms with Crippen molar-refractivity contribution in [2.45, 2.75) is 39.2 Å². The Balaban J connectivity index is 0.00000289. The minimum Gasteiger partial charge on any atom is -0.353 e. The zero-order valence-electron chi connectivity index (χ0n) is 11.2. The minimum atomic E-state index is -0.354. The van der Waals surface area contributed by atoms with E-state index in [0.717, 1.165) is 32.5 Å². The second-order valence-corrected chi connectivity index (χ2v) is 4.38. The van der Waals surface area contributed by atoms with Gasteiger partial charge in [0, 0.05) is 26.2 Å². The summed E-state index contributed by atoms with van der Waals surface area (Å²) in [7, 11) is 0. The fraction of sp³-hybridized carbons (Fsp3) is 0.833. The van der Waals surface area contributed by atoms with Gasteiger partial charge in [-0.25, -0.2) is 0 Å². The average molecular weight is 278 g/mol. The molecule has 0 saturated carbocycles. The molecule has 0 aliphatic carbocycles. The average Bonchev–Trinajstić information content (AvgIpc) is 2.32. The summed E-state index contributed by atoms with van der Waals surface area (Å²) in [4.78, 5) is 25.4. The Kier molecular flexibility index (Phi) is 8.75. The zero-order chi connectivity index (χ0) is 12.7. The minimum absolute atomic E-state index is 0. The van der Waals surface area contributed by atoms with Gasteiger partial charge in [0.05, 0.1) is 12.5 Å². The first-order valence-corrected chi connectivity index (χ1v) is 6.47. The summed E-state index contributed by atoms with van der Waals surface area (Å²) in [5.74, 6) is 0.0146. The number of halogens is 1. The van der Waals surface area contributed by atoms with Crippen molar-refractivity contribution in [2.75, 3.05) is 26.2 Å². The number of carbonyl (C=O) groups is 2. The van der Waals surface area contributed by atoms with Gasteiger partial charge in [0.2, 0.25) is 11.8 Å². The molecule has 5 nitrogen and oxygen atoms in total. The SMILES string of the molecule is CCCN(CCC)C(=O)CC1NCCNC1=O.Cl. The number of piperazine rings is 1. The number of rotatable bonds is 6. The van der Waals surface area contributed by atoms with E-state index in [2.05, 4.69) is 24.5 Å². The normalized spacial score (nSPS) is 18.8. The lowest BCUT2D eigenvalue weighted by Gasteiger charge is -2.27. The van der Waals surface area contributed by atoms with E-state index in [1.54, 1.807) is 0 Å². The van der Waals surface area contributed by atoms with E-state index in [1.165, 1.54) is 0 Å². The third-order valence-electron chi connectivity index (χ3n) is 2.85. The van der Waals surface area contributed by atoms with Crippen LogP contribution in [-0.2, 0) is 9.59 Å². The molecule has 0 aromatic carbocycles. The first-order valence-electron chi connectivity index (χ1n) is 6.47. The van der Waals surface area contributed by atoms with Crippen LogP contribution in [0.3, 0.4) is 0 Å². The van der Waals surface area contributed by atoms with Gasteiger partial charge in [-0.2, -0.15) is 0 Å². The molecule has 18 heavy (non-hydrogen) atoms. The fourth-order valence-electron chi connectivity index (χ4n) is 2.02. The van der Waals surface area contributed by atoms with Gasteiger partial charge >= 0.3 is 0 Å². The molecule has 1 rings (SSSR count). The monoisotopic (exact) mass is 277 g/mol. The maximum absolute atomic E-state index is 12.0. The Morgan fingerprint density at radius 1 is 1.28 bits per heavy atom. The lowest BCUT2D eigenvalue weighted by molar-refractivity contribution is -0.135. The molecule has 1 fully saturated rings. The van der Waals surface area contributed by atoms with Crippen molar-refractivity contribution in [3.63, 3.8) is 0 Å². The molecule has 0 radical (unpaired) electrons. The Hall–Kier alpha value is -0.810. The maximum atomic E-state index is 12.0. The summed E-state index contributed by atoms with van der Waals surface area (Å²) in [5.41, 5.74) is 0. The van der Waals surface area contributed by atoms with Gasteiger partial charge in [-0.3, -0.25) is 9.59 Å². The highest BCUT2D eigenvalue weighted by atomic mass is 35.5. The predicted molar refractivity (Wildman–Crippen MR) is 73.8 cm³/mol. The topological polar surface area (TPSA) is 61.4 Å². The molecule has 1 unspecified atom stereocenters. The highest BCUT2D eigenvalue weighted by Crippen LogP contribution is 2.03. The molecule has 106 valence electrons. The quantitative estimate of drug-likeness (QED) is 0.745. The van der Waals surface area contributed by atoms with Crippen molar-refractivity contribution in [3.05, 3.63) is 0 Å². The maximum Gasteiger partial charge on any atom is 0.237 e. The molecule has 0 bridgehead atoms. The number of hydrogen-bond donors (Lipinski definition) is 2. The second kappa shape index (κ2) is 9.16. The number of carbonyl (C=O) groups excluding carboxylic acids is 2. The molecule has 1 saturated heterocycles. The highest BCUT2D eigenvalue weighted by Gasteiger charge is 2.25. The van der Waals surface area contributed by atoms with Gasteiger partial charge in [0.1, 0.15) is 0 Å². The van der Waals surface area contributed by atoms with Crippen LogP contribution in [0.1, 0.15) is 33.1 Å². The molecule has 0 aromatic heterocycles. The summed E-state index contributed by atoms with van der Waals surface area (Å²) in [6, 6.07) is -0.354. The predicted octanol–water partition coefficient (Wildman–Crippen LogP) is 0.535. The Morgan fingerprint density at radius 3 is 2.39 bits per heavy atom. The van der Waals surface area contributed by atoms with E-state index in [0.29, 0.717) is 6.54 Å². The molecule has 1 atom stereocenters. The van der Waals surface area contributed by atoms with Gasteiger partial charge in [-0.05, 0) is 12.8 Å². The van der Waals surface area contributed by atoms with Gasteiger partial charge in [-0.1, -0.05) is 13.8 Å². The summed E-state index contributed by atoms with van der Waals surface area (Å²) in [5, 5.41) is 5.85. The van der Waals surface area contributed by atoms with Crippen LogP contribution < -0.4 is 10.6 Å². The van der Waals surface area contributed by atoms with Crippen LogP contribution in [0.15, 0.2) is 0 Å². The van der Waals surface area contributed by atoms with Gasteiger partial charge in [0.25, 0.3) is 0 Å². The molecule has 2 amide bonds. The van der Waals surface area contributed by atoms with Crippen LogP contribution in [0.5, 0.6) is 0 Å². The van der Waals surface area contributed by atoms with Gasteiger partial charge < -0.3 is 15.5 Å². The molecule has 1 aliphatic heterocycles. The first-order chi connectivity index (χ1) is 8.19. The van der Waals surface area contributed by atoms with Crippen molar-refractivity contribution in [2.24, 2.45) is 0 Å². The lowest BCUT2D eigenvalue weighted by atomic mass is 10.1. The molecule has 2 N–H and O–H groups in total. The van der Waals surface area contributed by atoms with Crippen molar-refractivity contribution >= 4 is 24.2 Å². The summed E-state index contributed by atoms with van der Waals surface area (Å²) < 4.78 is 0. The zero-order valence-corrected chi connectivity index (χ0v) is 12.0. The van der Waals surface area contributed by atoms with E-state index in [1.807, 2.05) is 4.90 Å². The van der Waals surface area contributed by atoms with Gasteiger partial charge in [-0.15, -0.1) is 12.4 Å². The molecule has 1 heterocycles. The van der Waals surface area contributed by atoms with Crippen LogP contribution >= 0.6 is 12.4 Å². The molecule has 0 aromatic rings. The van der Waals surface area contributed by atoms with E-state index in [-0.39, 0.29) is 36.7 Å². The van der Waals surface area contributed by atoms with Crippen LogP contribution in [0.2, 0.25) is 0 Å². The van der Waals surface area contributed by atoms with Crippen LogP contribution in [0.25, 0.3) is 0 Å². The molecule has 1 aliphatic rings. The van der Waals surface area contributed by atoms with Crippen LogP contribution in [-0.4, -0.2) is 48.9 Å². The lowest BCUT2D eigenvalue weighted by Crippen LogP contribution is -2.54.